The third-order valence-corrected chi connectivity index (χ3v) is 3.74. The number of hydrogen-bond donors (Lipinski definition) is 3. The maximum atomic E-state index is 11.8. The van der Waals surface area contributed by atoms with E-state index in [4.69, 9.17) is 17.3 Å². The number of rotatable bonds is 4. The standard InChI is InChI=1S/C14H12N2O3S2/c17-12(11-2-1-7-21-11)16-14(20)15-8-9-3-5-10(6-4-9)13(18)19/h1-7H,8H2,(H,18,19)(H2,15,16,17,20). The maximum absolute atomic E-state index is 11.8. The van der Waals surface area contributed by atoms with Crippen molar-refractivity contribution in [3.05, 3.63) is 57.8 Å². The van der Waals surface area contributed by atoms with Gasteiger partial charge < -0.3 is 10.4 Å². The average Bonchev–Trinajstić information content (AvgIpc) is 3.00. The van der Waals surface area contributed by atoms with Gasteiger partial charge in [0, 0.05) is 6.54 Å². The molecule has 0 saturated heterocycles. The van der Waals surface area contributed by atoms with Gasteiger partial charge in [0.25, 0.3) is 5.91 Å². The Labute approximate surface area is 130 Å². The number of amides is 1. The van der Waals surface area contributed by atoms with E-state index in [1.54, 1.807) is 24.3 Å². The molecule has 1 aromatic heterocycles. The molecule has 108 valence electrons. The summed E-state index contributed by atoms with van der Waals surface area (Å²) in [4.78, 5) is 23.1. The number of thiocarbonyl (C=S) groups is 1. The number of hydrogen-bond acceptors (Lipinski definition) is 4. The molecular weight excluding hydrogens is 308 g/mol. The van der Waals surface area contributed by atoms with E-state index in [1.165, 1.54) is 23.5 Å². The van der Waals surface area contributed by atoms with Crippen LogP contribution in [-0.2, 0) is 6.54 Å². The smallest absolute Gasteiger partial charge is 0.335 e. The number of carbonyl (C=O) groups excluding carboxylic acids is 1. The van der Waals surface area contributed by atoms with Crippen LogP contribution in [0.3, 0.4) is 0 Å². The number of aromatic carboxylic acids is 1. The molecule has 0 bridgehead atoms. The van der Waals surface area contributed by atoms with Crippen molar-refractivity contribution in [1.29, 1.82) is 0 Å². The van der Waals surface area contributed by atoms with Crippen molar-refractivity contribution >= 4 is 40.5 Å². The van der Waals surface area contributed by atoms with Gasteiger partial charge in [0.1, 0.15) is 0 Å². The first-order valence-corrected chi connectivity index (χ1v) is 7.30. The topological polar surface area (TPSA) is 78.4 Å². The van der Waals surface area contributed by atoms with E-state index in [-0.39, 0.29) is 16.6 Å². The predicted octanol–water partition coefficient (Wildman–Crippen LogP) is 2.25. The van der Waals surface area contributed by atoms with Crippen molar-refractivity contribution in [3.8, 4) is 0 Å². The molecule has 21 heavy (non-hydrogen) atoms. The molecule has 0 aliphatic carbocycles. The lowest BCUT2D eigenvalue weighted by Gasteiger charge is -2.09. The van der Waals surface area contributed by atoms with Crippen LogP contribution in [0, 0.1) is 0 Å². The summed E-state index contributed by atoms with van der Waals surface area (Å²) in [6.45, 7) is 0.406. The summed E-state index contributed by atoms with van der Waals surface area (Å²) in [5, 5.41) is 16.3. The minimum absolute atomic E-state index is 0.229. The van der Waals surface area contributed by atoms with E-state index in [2.05, 4.69) is 10.6 Å². The molecule has 1 amide bonds. The molecular formula is C14H12N2O3S2. The molecule has 5 nitrogen and oxygen atoms in total. The summed E-state index contributed by atoms with van der Waals surface area (Å²) in [5.41, 5.74) is 1.10. The Morgan fingerprint density at radius 1 is 1.19 bits per heavy atom. The van der Waals surface area contributed by atoms with Crippen LogP contribution < -0.4 is 10.6 Å². The molecule has 0 atom stereocenters. The third kappa shape index (κ3) is 4.37. The van der Waals surface area contributed by atoms with Crippen molar-refractivity contribution in [2.75, 3.05) is 0 Å². The van der Waals surface area contributed by atoms with Gasteiger partial charge >= 0.3 is 5.97 Å². The highest BCUT2D eigenvalue weighted by molar-refractivity contribution is 7.80. The highest BCUT2D eigenvalue weighted by atomic mass is 32.1. The molecule has 7 heteroatoms. The normalized spacial score (nSPS) is 9.90. The predicted molar refractivity (Wildman–Crippen MR) is 84.6 cm³/mol. The highest BCUT2D eigenvalue weighted by Gasteiger charge is 2.08. The molecule has 2 rings (SSSR count). The van der Waals surface area contributed by atoms with Crippen LogP contribution in [0.5, 0.6) is 0 Å². The molecule has 2 aromatic rings. The van der Waals surface area contributed by atoms with Gasteiger partial charge in [0.2, 0.25) is 0 Å². The molecule has 1 aromatic carbocycles. The minimum Gasteiger partial charge on any atom is -0.478 e. The number of thiophene rings is 1. The van der Waals surface area contributed by atoms with Gasteiger partial charge in [-0.25, -0.2) is 4.79 Å². The maximum Gasteiger partial charge on any atom is 0.335 e. The molecule has 0 aliphatic heterocycles. The van der Waals surface area contributed by atoms with Gasteiger partial charge in [-0.2, -0.15) is 0 Å². The van der Waals surface area contributed by atoms with Gasteiger partial charge in [0.05, 0.1) is 10.4 Å². The average molecular weight is 320 g/mol. The van der Waals surface area contributed by atoms with Crippen molar-refractivity contribution in [3.63, 3.8) is 0 Å². The lowest BCUT2D eigenvalue weighted by Crippen LogP contribution is -2.38. The molecule has 0 aliphatic rings. The van der Waals surface area contributed by atoms with Crippen LogP contribution in [0.25, 0.3) is 0 Å². The Hall–Kier alpha value is -2.25. The molecule has 0 radical (unpaired) electrons. The fraction of sp³-hybridized carbons (Fsp3) is 0.0714. The molecule has 1 heterocycles. The van der Waals surface area contributed by atoms with E-state index in [1.807, 2.05) is 5.38 Å². The molecule has 0 saturated carbocycles. The first-order chi connectivity index (χ1) is 10.1. The van der Waals surface area contributed by atoms with E-state index in [0.717, 1.165) is 5.56 Å². The Morgan fingerprint density at radius 2 is 1.90 bits per heavy atom. The summed E-state index contributed by atoms with van der Waals surface area (Å²) < 4.78 is 0. The Balaban J connectivity index is 1.83. The molecule has 3 N–H and O–H groups in total. The number of nitrogens with one attached hydrogen (secondary N) is 2. The SMILES string of the molecule is O=C(O)c1ccc(CNC(=S)NC(=O)c2cccs2)cc1. The van der Waals surface area contributed by atoms with Crippen molar-refractivity contribution in [2.24, 2.45) is 0 Å². The highest BCUT2D eigenvalue weighted by Crippen LogP contribution is 2.07. The number of carbonyl (C=O) groups is 2. The van der Waals surface area contributed by atoms with Gasteiger partial charge in [-0.1, -0.05) is 18.2 Å². The van der Waals surface area contributed by atoms with E-state index in [9.17, 15) is 9.59 Å². The lowest BCUT2D eigenvalue weighted by atomic mass is 10.1. The largest absolute Gasteiger partial charge is 0.478 e. The Morgan fingerprint density at radius 3 is 2.48 bits per heavy atom. The van der Waals surface area contributed by atoms with E-state index >= 15 is 0 Å². The Kier molecular flexibility index (Phi) is 5.02. The quantitative estimate of drug-likeness (QED) is 0.753. The van der Waals surface area contributed by atoms with E-state index < -0.39 is 5.97 Å². The zero-order valence-electron chi connectivity index (χ0n) is 10.8. The van der Waals surface area contributed by atoms with Crippen LogP contribution in [0.2, 0.25) is 0 Å². The van der Waals surface area contributed by atoms with Crippen LogP contribution in [0.1, 0.15) is 25.6 Å². The lowest BCUT2D eigenvalue weighted by molar-refractivity contribution is 0.0696. The van der Waals surface area contributed by atoms with Crippen LogP contribution in [0.4, 0.5) is 0 Å². The van der Waals surface area contributed by atoms with Gasteiger partial charge in [-0.05, 0) is 41.4 Å². The number of carboxylic acids is 1. The summed E-state index contributed by atoms with van der Waals surface area (Å²) in [6, 6.07) is 9.94. The number of carboxylic acid groups (broad SMARTS) is 1. The van der Waals surface area contributed by atoms with Crippen LogP contribution in [0.15, 0.2) is 41.8 Å². The third-order valence-electron chi connectivity index (χ3n) is 2.63. The van der Waals surface area contributed by atoms with Crippen molar-refractivity contribution in [1.82, 2.24) is 10.6 Å². The second-order valence-electron chi connectivity index (χ2n) is 4.12. The second kappa shape index (κ2) is 6.96. The van der Waals surface area contributed by atoms with Gasteiger partial charge in [-0.3, -0.25) is 10.1 Å². The van der Waals surface area contributed by atoms with Gasteiger partial charge in [-0.15, -0.1) is 11.3 Å². The summed E-state index contributed by atoms with van der Waals surface area (Å²) in [7, 11) is 0. The van der Waals surface area contributed by atoms with Crippen molar-refractivity contribution < 1.29 is 14.7 Å². The minimum atomic E-state index is -0.965. The van der Waals surface area contributed by atoms with Crippen LogP contribution >= 0.6 is 23.6 Å². The monoisotopic (exact) mass is 320 g/mol. The molecule has 0 fully saturated rings. The van der Waals surface area contributed by atoms with Gasteiger partial charge in [0.15, 0.2) is 5.11 Å². The fourth-order valence-corrected chi connectivity index (χ4v) is 2.35. The summed E-state index contributed by atoms with van der Waals surface area (Å²) >= 11 is 6.37. The Bertz CT molecular complexity index is 651. The first-order valence-electron chi connectivity index (χ1n) is 6.01. The second-order valence-corrected chi connectivity index (χ2v) is 5.47. The summed E-state index contributed by atoms with van der Waals surface area (Å²) in [5.74, 6) is -1.21. The molecule has 0 unspecified atom stereocenters. The zero-order valence-corrected chi connectivity index (χ0v) is 12.5. The van der Waals surface area contributed by atoms with E-state index in [0.29, 0.717) is 11.4 Å². The summed E-state index contributed by atoms with van der Waals surface area (Å²) in [6.07, 6.45) is 0. The fourth-order valence-electron chi connectivity index (χ4n) is 1.56. The first kappa shape index (κ1) is 15.1. The number of benzene rings is 1. The zero-order chi connectivity index (χ0) is 15.2. The molecule has 0 spiro atoms. The van der Waals surface area contributed by atoms with Crippen LogP contribution in [-0.4, -0.2) is 22.1 Å². The van der Waals surface area contributed by atoms with Crippen molar-refractivity contribution in [2.45, 2.75) is 6.54 Å².